The van der Waals surface area contributed by atoms with E-state index in [1.165, 1.54) is 0 Å². The maximum Gasteiger partial charge on any atom is 2.00 e. The van der Waals surface area contributed by atoms with Gasteiger partial charge < -0.3 is 7.43 Å². The molecule has 0 bridgehead atoms. The van der Waals surface area contributed by atoms with Gasteiger partial charge in [-0.1, -0.05) is 0 Å². The van der Waals surface area contributed by atoms with E-state index >= 15 is 0 Å². The minimum Gasteiger partial charge on any atom is -0.358 e. The van der Waals surface area contributed by atoms with Crippen molar-refractivity contribution in [2.24, 2.45) is 0 Å². The van der Waals surface area contributed by atoms with Crippen LogP contribution in [0.5, 0.6) is 0 Å². The van der Waals surface area contributed by atoms with E-state index in [1.807, 2.05) is 12.2 Å². The fraction of sp³-hybridized carbons (Fsp3) is 0.167. The molecule has 0 amide bonds. The monoisotopic (exact) mass is 208 g/mol. The second-order valence-electron chi connectivity index (χ2n) is 1.00. The minimum atomic E-state index is 0. The van der Waals surface area contributed by atoms with Gasteiger partial charge in [0.15, 0.2) is 0 Å². The largest absolute Gasteiger partial charge is 2.00 e. The third-order valence-electron chi connectivity index (χ3n) is 0.586. The van der Waals surface area contributed by atoms with Crippen LogP contribution in [0.15, 0.2) is 18.2 Å². The quantitative estimate of drug-likeness (QED) is 0.424. The Hall–Kier alpha value is 0.674. The summed E-state index contributed by atoms with van der Waals surface area (Å²) in [6.07, 6.45) is 10.0. The van der Waals surface area contributed by atoms with Crippen molar-refractivity contribution in [2.75, 3.05) is 0 Å². The van der Waals surface area contributed by atoms with Gasteiger partial charge in [-0.15, -0.1) is 23.4 Å². The predicted octanol–water partition coefficient (Wildman–Crippen LogP) is 2.33. The molecule has 0 aliphatic heterocycles. The van der Waals surface area contributed by atoms with Crippen molar-refractivity contribution < 1.29 is 21.7 Å². The number of hydrogen-bond donors (Lipinski definition) is 0. The van der Waals surface area contributed by atoms with E-state index in [-0.39, 0.29) is 46.1 Å². The Morgan fingerprint density at radius 2 is 2.00 bits per heavy atom. The van der Waals surface area contributed by atoms with Gasteiger partial charge in [-0.3, -0.25) is 6.08 Å². The number of halogens is 1. The number of allylic oxidation sites excluding steroid dienone is 4. The van der Waals surface area contributed by atoms with Crippen molar-refractivity contribution in [2.45, 2.75) is 6.42 Å². The third-order valence-corrected chi connectivity index (χ3v) is 0.586. The smallest absolute Gasteiger partial charge is 0.358 e. The molecule has 8 heavy (non-hydrogen) atoms. The average Bonchev–Trinajstić information content (AvgIpc) is 1.76. The zero-order chi connectivity index (χ0) is 3.54. The standard InChI is InChI=1S/C5H5.CH3.BrH.Ti/c1-2-4-5-3-1;;;/h1-3H,4H2;1H3;1H;/q2*-1;;+2. The van der Waals surface area contributed by atoms with Crippen molar-refractivity contribution in [3.63, 3.8) is 0 Å². The first-order valence-corrected chi connectivity index (χ1v) is 1.72. The van der Waals surface area contributed by atoms with Crippen LogP contribution in [0.25, 0.3) is 0 Å². The van der Waals surface area contributed by atoms with Gasteiger partial charge >= 0.3 is 21.7 Å². The molecule has 0 aromatic rings. The zero-order valence-electron chi connectivity index (χ0n) is 4.85. The van der Waals surface area contributed by atoms with Crippen molar-refractivity contribution in [3.8, 4) is 0 Å². The molecule has 1 aliphatic rings. The Morgan fingerprint density at radius 1 is 1.38 bits per heavy atom. The summed E-state index contributed by atoms with van der Waals surface area (Å²) in [7, 11) is 0. The van der Waals surface area contributed by atoms with Crippen LogP contribution in [-0.2, 0) is 21.7 Å². The number of rotatable bonds is 0. The SMILES string of the molecule is Br.[C-]1=CC=CC1.[CH3-].[Ti+2]. The fourth-order valence-electron chi connectivity index (χ4n) is 0.340. The van der Waals surface area contributed by atoms with Gasteiger partial charge in [0.2, 0.25) is 0 Å². The van der Waals surface area contributed by atoms with E-state index in [2.05, 4.69) is 12.2 Å². The Kier molecular flexibility index (Phi) is 21.1. The molecule has 0 fully saturated rings. The van der Waals surface area contributed by atoms with Gasteiger partial charge in [-0.05, 0) is 0 Å². The first-order valence-electron chi connectivity index (χ1n) is 1.72. The summed E-state index contributed by atoms with van der Waals surface area (Å²) < 4.78 is 0. The van der Waals surface area contributed by atoms with Crippen LogP contribution in [-0.4, -0.2) is 0 Å². The minimum absolute atomic E-state index is 0. The molecule has 2 heteroatoms. The zero-order valence-corrected chi connectivity index (χ0v) is 8.12. The molecule has 0 aromatic heterocycles. The molecular weight excluding hydrogens is 200 g/mol. The Labute approximate surface area is 76.7 Å². The average molecular weight is 209 g/mol. The first-order chi connectivity index (χ1) is 2.50. The van der Waals surface area contributed by atoms with E-state index < -0.39 is 0 Å². The van der Waals surface area contributed by atoms with Crippen molar-refractivity contribution >= 4 is 17.0 Å². The second kappa shape index (κ2) is 10.6. The van der Waals surface area contributed by atoms with Crippen molar-refractivity contribution in [1.82, 2.24) is 0 Å². The van der Waals surface area contributed by atoms with Crippen LogP contribution in [0.4, 0.5) is 0 Å². The maximum atomic E-state index is 2.99. The van der Waals surface area contributed by atoms with Gasteiger partial charge in [0.05, 0.1) is 0 Å². The van der Waals surface area contributed by atoms with Gasteiger partial charge in [-0.2, -0.15) is 6.08 Å². The van der Waals surface area contributed by atoms with Crippen LogP contribution >= 0.6 is 17.0 Å². The molecule has 0 aromatic carbocycles. The number of hydrogen-bond acceptors (Lipinski definition) is 0. The molecule has 0 spiro atoms. The molecule has 0 saturated heterocycles. The molecule has 0 unspecified atom stereocenters. The summed E-state index contributed by atoms with van der Waals surface area (Å²) in [5, 5.41) is 0. The summed E-state index contributed by atoms with van der Waals surface area (Å²) in [5.74, 6) is 0. The normalized spacial score (nSPS) is 11.0. The molecule has 1 rings (SSSR count). The summed E-state index contributed by atoms with van der Waals surface area (Å²) in [5.41, 5.74) is 0. The van der Waals surface area contributed by atoms with E-state index in [4.69, 9.17) is 0 Å². The maximum absolute atomic E-state index is 2.99. The molecule has 0 atom stereocenters. The molecule has 0 heterocycles. The first kappa shape index (κ1) is 15.9. The summed E-state index contributed by atoms with van der Waals surface area (Å²) in [6.45, 7) is 0. The Balaban J connectivity index is -0.0000000833. The molecule has 0 N–H and O–H groups in total. The second-order valence-corrected chi connectivity index (χ2v) is 1.00. The van der Waals surface area contributed by atoms with E-state index in [0.29, 0.717) is 0 Å². The molecule has 44 valence electrons. The predicted molar refractivity (Wildman–Crippen MR) is 38.3 cm³/mol. The van der Waals surface area contributed by atoms with Gasteiger partial charge in [0.25, 0.3) is 0 Å². The van der Waals surface area contributed by atoms with Crippen molar-refractivity contribution in [1.29, 1.82) is 0 Å². The van der Waals surface area contributed by atoms with E-state index in [9.17, 15) is 0 Å². The van der Waals surface area contributed by atoms with E-state index in [1.54, 1.807) is 0 Å². The Morgan fingerprint density at radius 3 is 2.12 bits per heavy atom. The topological polar surface area (TPSA) is 0 Å². The van der Waals surface area contributed by atoms with Crippen LogP contribution in [0.1, 0.15) is 6.42 Å². The molecule has 0 radical (unpaired) electrons. The van der Waals surface area contributed by atoms with Crippen LogP contribution in [0, 0.1) is 13.5 Å². The molecule has 1 aliphatic carbocycles. The molecule has 0 nitrogen and oxygen atoms in total. The van der Waals surface area contributed by atoms with Gasteiger partial charge in [-0.25, -0.2) is 12.2 Å². The fourth-order valence-corrected chi connectivity index (χ4v) is 0.340. The van der Waals surface area contributed by atoms with Crippen LogP contribution in [0.2, 0.25) is 0 Å². The molecular formula is C6H9BrTi. The third kappa shape index (κ3) is 6.67. The van der Waals surface area contributed by atoms with Crippen LogP contribution < -0.4 is 0 Å². The summed E-state index contributed by atoms with van der Waals surface area (Å²) in [6, 6.07) is 0. The molecule has 0 saturated carbocycles. The summed E-state index contributed by atoms with van der Waals surface area (Å²) >= 11 is 0. The Bertz CT molecular complexity index is 66.6. The summed E-state index contributed by atoms with van der Waals surface area (Å²) in [4.78, 5) is 0. The van der Waals surface area contributed by atoms with E-state index in [0.717, 1.165) is 6.42 Å². The van der Waals surface area contributed by atoms with Crippen LogP contribution in [0.3, 0.4) is 0 Å². The van der Waals surface area contributed by atoms with Gasteiger partial charge in [0.1, 0.15) is 0 Å². The van der Waals surface area contributed by atoms with Gasteiger partial charge in [0, 0.05) is 0 Å². The van der Waals surface area contributed by atoms with Crippen molar-refractivity contribution in [3.05, 3.63) is 31.7 Å².